The van der Waals surface area contributed by atoms with Crippen LogP contribution in [-0.2, 0) is 6.54 Å². The van der Waals surface area contributed by atoms with Crippen LogP contribution in [0.3, 0.4) is 0 Å². The lowest BCUT2D eigenvalue weighted by atomic mass is 10.2. The van der Waals surface area contributed by atoms with Gasteiger partial charge in [-0.15, -0.1) is 0 Å². The normalized spacial score (nSPS) is 10.5. The lowest BCUT2D eigenvalue weighted by molar-refractivity contribution is 0.102. The van der Waals surface area contributed by atoms with Gasteiger partial charge in [0.05, 0.1) is 29.7 Å². The summed E-state index contributed by atoms with van der Waals surface area (Å²) in [6.45, 7) is 2.28. The molecule has 0 aliphatic carbocycles. The highest BCUT2D eigenvalue weighted by atomic mass is 35.5. The minimum absolute atomic E-state index is 0.292. The van der Waals surface area contributed by atoms with E-state index < -0.39 is 0 Å². The van der Waals surface area contributed by atoms with E-state index in [9.17, 15) is 4.79 Å². The fourth-order valence-corrected chi connectivity index (χ4v) is 2.62. The minimum Gasteiger partial charge on any atom is -0.320 e. The van der Waals surface area contributed by atoms with Crippen LogP contribution < -0.4 is 5.32 Å². The largest absolute Gasteiger partial charge is 0.320 e. The van der Waals surface area contributed by atoms with E-state index in [1.807, 2.05) is 30.3 Å². The van der Waals surface area contributed by atoms with Gasteiger partial charge in [0.25, 0.3) is 5.91 Å². The Bertz CT molecular complexity index is 815. The van der Waals surface area contributed by atoms with Crippen LogP contribution in [0.15, 0.2) is 54.9 Å². The summed E-state index contributed by atoms with van der Waals surface area (Å²) < 4.78 is 1.63. The van der Waals surface area contributed by atoms with Gasteiger partial charge in [0.15, 0.2) is 0 Å². The molecule has 0 unspecified atom stereocenters. The van der Waals surface area contributed by atoms with Crippen LogP contribution in [0, 0.1) is 6.92 Å². The van der Waals surface area contributed by atoms with Crippen molar-refractivity contribution in [3.8, 4) is 0 Å². The Morgan fingerprint density at radius 1 is 1.22 bits per heavy atom. The predicted octanol–water partition coefficient (Wildman–Crippen LogP) is 3.54. The summed E-state index contributed by atoms with van der Waals surface area (Å²) >= 11 is 6.36. The zero-order chi connectivity index (χ0) is 16.2. The van der Waals surface area contributed by atoms with Crippen molar-refractivity contribution in [2.75, 3.05) is 5.32 Å². The van der Waals surface area contributed by atoms with Gasteiger partial charge in [-0.25, -0.2) is 4.68 Å². The third kappa shape index (κ3) is 3.40. The number of anilines is 1. The zero-order valence-corrected chi connectivity index (χ0v) is 13.3. The average Bonchev–Trinajstić information content (AvgIpc) is 2.83. The first kappa shape index (κ1) is 15.2. The summed E-state index contributed by atoms with van der Waals surface area (Å²) in [6, 6.07) is 13.4. The fraction of sp³-hybridized carbons (Fsp3) is 0.118. The van der Waals surface area contributed by atoms with Crippen molar-refractivity contribution in [1.29, 1.82) is 0 Å². The molecule has 0 fully saturated rings. The number of rotatable bonds is 4. The molecule has 1 N–H and O–H groups in total. The molecule has 3 rings (SSSR count). The predicted molar refractivity (Wildman–Crippen MR) is 89.7 cm³/mol. The van der Waals surface area contributed by atoms with Crippen LogP contribution in [0.25, 0.3) is 0 Å². The average molecular weight is 327 g/mol. The number of aryl methyl sites for hydroxylation is 1. The third-order valence-electron chi connectivity index (χ3n) is 3.39. The minimum atomic E-state index is -0.292. The maximum absolute atomic E-state index is 12.4. The second-order valence-corrected chi connectivity index (χ2v) is 5.45. The van der Waals surface area contributed by atoms with Gasteiger partial charge in [-0.3, -0.25) is 9.78 Å². The highest BCUT2D eigenvalue weighted by Crippen LogP contribution is 2.22. The SMILES string of the molecule is Cc1nn(Cc2ccccc2)c(Cl)c1C(=O)Nc1cccnc1. The van der Waals surface area contributed by atoms with Crippen LogP contribution in [0.1, 0.15) is 21.6 Å². The van der Waals surface area contributed by atoms with E-state index in [1.54, 1.807) is 36.1 Å². The Hall–Kier alpha value is -2.66. The highest BCUT2D eigenvalue weighted by Gasteiger charge is 2.20. The van der Waals surface area contributed by atoms with Crippen molar-refractivity contribution in [2.24, 2.45) is 0 Å². The van der Waals surface area contributed by atoms with Crippen molar-refractivity contribution in [3.05, 3.63) is 76.8 Å². The number of aromatic nitrogens is 3. The Balaban J connectivity index is 1.84. The van der Waals surface area contributed by atoms with Gasteiger partial charge >= 0.3 is 0 Å². The van der Waals surface area contributed by atoms with Gasteiger partial charge in [0.1, 0.15) is 5.15 Å². The number of nitrogens with zero attached hydrogens (tertiary/aromatic N) is 3. The summed E-state index contributed by atoms with van der Waals surface area (Å²) in [5, 5.41) is 7.48. The van der Waals surface area contributed by atoms with Crippen molar-refractivity contribution in [1.82, 2.24) is 14.8 Å². The summed E-state index contributed by atoms with van der Waals surface area (Å²) in [5.41, 5.74) is 2.65. The lowest BCUT2D eigenvalue weighted by Gasteiger charge is -2.05. The highest BCUT2D eigenvalue weighted by molar-refractivity contribution is 6.33. The molecule has 0 aliphatic rings. The third-order valence-corrected chi connectivity index (χ3v) is 3.77. The molecular weight excluding hydrogens is 312 g/mol. The van der Waals surface area contributed by atoms with Crippen LogP contribution in [0.5, 0.6) is 0 Å². The monoisotopic (exact) mass is 326 g/mol. The van der Waals surface area contributed by atoms with E-state index in [0.29, 0.717) is 28.6 Å². The molecule has 0 atom stereocenters. The van der Waals surface area contributed by atoms with E-state index in [0.717, 1.165) is 5.56 Å². The van der Waals surface area contributed by atoms with Crippen molar-refractivity contribution >= 4 is 23.2 Å². The molecule has 23 heavy (non-hydrogen) atoms. The number of hydrogen-bond acceptors (Lipinski definition) is 3. The Labute approximate surface area is 138 Å². The van der Waals surface area contributed by atoms with E-state index in [4.69, 9.17) is 11.6 Å². The Kier molecular flexibility index (Phi) is 4.39. The number of hydrogen-bond donors (Lipinski definition) is 1. The van der Waals surface area contributed by atoms with Crippen molar-refractivity contribution in [3.63, 3.8) is 0 Å². The lowest BCUT2D eigenvalue weighted by Crippen LogP contribution is -2.13. The summed E-state index contributed by atoms with van der Waals surface area (Å²) in [7, 11) is 0. The molecule has 1 aromatic carbocycles. The zero-order valence-electron chi connectivity index (χ0n) is 12.5. The van der Waals surface area contributed by atoms with Gasteiger partial charge < -0.3 is 5.32 Å². The molecule has 0 saturated heterocycles. The molecule has 0 spiro atoms. The maximum atomic E-state index is 12.4. The summed E-state index contributed by atoms with van der Waals surface area (Å²) in [4.78, 5) is 16.4. The topological polar surface area (TPSA) is 59.8 Å². The summed E-state index contributed by atoms with van der Waals surface area (Å²) in [6.07, 6.45) is 3.22. The van der Waals surface area contributed by atoms with Crippen molar-refractivity contribution in [2.45, 2.75) is 13.5 Å². The molecular formula is C17H15ClN4O. The molecule has 116 valence electrons. The van der Waals surface area contributed by atoms with E-state index in [1.165, 1.54) is 0 Å². The van der Waals surface area contributed by atoms with Gasteiger partial charge in [-0.1, -0.05) is 41.9 Å². The molecule has 0 radical (unpaired) electrons. The number of benzene rings is 1. The van der Waals surface area contributed by atoms with Crippen LogP contribution in [-0.4, -0.2) is 20.7 Å². The number of pyridine rings is 1. The number of carbonyl (C=O) groups is 1. The molecule has 6 heteroatoms. The Morgan fingerprint density at radius 3 is 2.70 bits per heavy atom. The van der Waals surface area contributed by atoms with Crippen LogP contribution in [0.4, 0.5) is 5.69 Å². The Morgan fingerprint density at radius 2 is 2.00 bits per heavy atom. The molecule has 0 aliphatic heterocycles. The molecule has 2 heterocycles. The number of carbonyl (C=O) groups excluding carboxylic acids is 1. The van der Waals surface area contributed by atoms with Gasteiger partial charge in [-0.05, 0) is 24.6 Å². The second kappa shape index (κ2) is 6.62. The van der Waals surface area contributed by atoms with Gasteiger partial charge in [0.2, 0.25) is 0 Å². The molecule has 0 bridgehead atoms. The fourth-order valence-electron chi connectivity index (χ4n) is 2.30. The quantitative estimate of drug-likeness (QED) is 0.797. The second-order valence-electron chi connectivity index (χ2n) is 5.09. The first-order valence-corrected chi connectivity index (χ1v) is 7.51. The van der Waals surface area contributed by atoms with Crippen LogP contribution in [0.2, 0.25) is 5.15 Å². The van der Waals surface area contributed by atoms with E-state index in [-0.39, 0.29) is 5.91 Å². The first-order valence-electron chi connectivity index (χ1n) is 7.13. The maximum Gasteiger partial charge on any atom is 0.260 e. The van der Waals surface area contributed by atoms with E-state index >= 15 is 0 Å². The van der Waals surface area contributed by atoms with Crippen molar-refractivity contribution < 1.29 is 4.79 Å². The van der Waals surface area contributed by atoms with E-state index in [2.05, 4.69) is 15.4 Å². The molecule has 1 amide bonds. The molecule has 2 aromatic heterocycles. The van der Waals surface area contributed by atoms with Gasteiger partial charge in [-0.2, -0.15) is 5.10 Å². The standard InChI is InChI=1S/C17H15ClN4O/c1-12-15(17(23)20-14-8-5-9-19-10-14)16(18)22(21-12)11-13-6-3-2-4-7-13/h2-10H,11H2,1H3,(H,20,23). The molecule has 0 saturated carbocycles. The number of halogens is 1. The smallest absolute Gasteiger partial charge is 0.260 e. The summed E-state index contributed by atoms with van der Waals surface area (Å²) in [5.74, 6) is -0.292. The van der Waals surface area contributed by atoms with Gasteiger partial charge in [0, 0.05) is 6.20 Å². The van der Waals surface area contributed by atoms with Crippen LogP contribution >= 0.6 is 11.6 Å². The number of amides is 1. The number of nitrogens with one attached hydrogen (secondary N) is 1. The molecule has 3 aromatic rings. The molecule has 5 nitrogen and oxygen atoms in total. The first-order chi connectivity index (χ1) is 11.1.